The molecule has 0 heterocycles. The Morgan fingerprint density at radius 1 is 1.15 bits per heavy atom. The van der Waals surface area contributed by atoms with Crippen molar-refractivity contribution in [2.75, 3.05) is 6.61 Å². The lowest BCUT2D eigenvalue weighted by Gasteiger charge is -2.09. The molecule has 0 saturated carbocycles. The number of esters is 1. The van der Waals surface area contributed by atoms with E-state index in [0.717, 1.165) is 5.56 Å². The molecule has 7 heteroatoms. The average molecular weight is 396 g/mol. The Kier molecular flexibility index (Phi) is 7.88. The second-order valence-electron chi connectivity index (χ2n) is 5.76. The fourth-order valence-electron chi connectivity index (χ4n) is 2.23. The minimum Gasteiger partial charge on any atom is -0.456 e. The Morgan fingerprint density at radius 3 is 2.54 bits per heavy atom. The van der Waals surface area contributed by atoms with Gasteiger partial charge in [-0.05, 0) is 24.1 Å². The standard InChI is InChI=1S/C19H19Cl2NO4/c20-15-5-1-13(2-6-15)11-22-18(24)12-26-19(25)10-9-17(23)14-3-7-16(21)8-4-14/h1-7,16H,8-12H2,(H,22,24). The molecule has 0 radical (unpaired) electrons. The number of hydrogen-bond donors (Lipinski definition) is 1. The van der Waals surface area contributed by atoms with Crippen molar-refractivity contribution in [3.05, 3.63) is 58.7 Å². The van der Waals surface area contributed by atoms with E-state index in [0.29, 0.717) is 23.6 Å². The van der Waals surface area contributed by atoms with Crippen LogP contribution in [0, 0.1) is 0 Å². The quantitative estimate of drug-likeness (QED) is 0.541. The summed E-state index contributed by atoms with van der Waals surface area (Å²) in [6.45, 7) is -0.0643. The highest BCUT2D eigenvalue weighted by atomic mass is 35.5. The molecule has 1 aliphatic carbocycles. The third-order valence-corrected chi connectivity index (χ3v) is 4.27. The summed E-state index contributed by atoms with van der Waals surface area (Å²) in [7, 11) is 0. The lowest BCUT2D eigenvalue weighted by atomic mass is 10.0. The highest BCUT2D eigenvalue weighted by Crippen LogP contribution is 2.17. The predicted octanol–water partition coefficient (Wildman–Crippen LogP) is 3.34. The zero-order valence-corrected chi connectivity index (χ0v) is 15.6. The summed E-state index contributed by atoms with van der Waals surface area (Å²) in [6, 6.07) is 7.04. The molecule has 0 spiro atoms. The monoisotopic (exact) mass is 395 g/mol. The molecule has 138 valence electrons. The van der Waals surface area contributed by atoms with Crippen molar-refractivity contribution in [2.24, 2.45) is 0 Å². The lowest BCUT2D eigenvalue weighted by Crippen LogP contribution is -2.28. The molecule has 0 fully saturated rings. The van der Waals surface area contributed by atoms with Crippen LogP contribution in [0.3, 0.4) is 0 Å². The highest BCUT2D eigenvalue weighted by molar-refractivity contribution is 6.30. The van der Waals surface area contributed by atoms with E-state index < -0.39 is 11.9 Å². The number of nitrogens with one attached hydrogen (secondary N) is 1. The van der Waals surface area contributed by atoms with Gasteiger partial charge in [-0.1, -0.05) is 42.0 Å². The van der Waals surface area contributed by atoms with Crippen LogP contribution in [0.25, 0.3) is 0 Å². The number of carbonyl (C=O) groups is 3. The number of rotatable bonds is 8. The third kappa shape index (κ3) is 7.02. The van der Waals surface area contributed by atoms with E-state index in [4.69, 9.17) is 27.9 Å². The van der Waals surface area contributed by atoms with Crippen LogP contribution in [0.15, 0.2) is 48.1 Å². The summed E-state index contributed by atoms with van der Waals surface area (Å²) in [5.41, 5.74) is 1.43. The van der Waals surface area contributed by atoms with E-state index in [2.05, 4.69) is 5.32 Å². The first-order valence-electron chi connectivity index (χ1n) is 8.16. The number of amides is 1. The second kappa shape index (κ2) is 10.1. The Bertz CT molecular complexity index is 726. The van der Waals surface area contributed by atoms with Crippen LogP contribution in [0.4, 0.5) is 0 Å². The molecule has 2 rings (SSSR count). The van der Waals surface area contributed by atoms with E-state index in [1.165, 1.54) is 0 Å². The largest absolute Gasteiger partial charge is 0.456 e. The maximum absolute atomic E-state index is 12.0. The first-order valence-corrected chi connectivity index (χ1v) is 8.98. The van der Waals surface area contributed by atoms with Crippen molar-refractivity contribution in [2.45, 2.75) is 31.2 Å². The molecule has 1 aliphatic rings. The van der Waals surface area contributed by atoms with E-state index >= 15 is 0 Å². The van der Waals surface area contributed by atoms with Crippen molar-refractivity contribution >= 4 is 40.9 Å². The highest BCUT2D eigenvalue weighted by Gasteiger charge is 2.15. The molecule has 1 aromatic rings. The number of carbonyl (C=O) groups excluding carboxylic acids is 3. The van der Waals surface area contributed by atoms with Gasteiger partial charge in [-0.25, -0.2) is 0 Å². The molecule has 1 atom stereocenters. The number of halogens is 2. The van der Waals surface area contributed by atoms with Crippen LogP contribution < -0.4 is 5.32 Å². The number of hydrogen-bond acceptors (Lipinski definition) is 4. The molecule has 0 aliphatic heterocycles. The molecular formula is C19H19Cl2NO4. The van der Waals surface area contributed by atoms with Gasteiger partial charge in [0.2, 0.25) is 0 Å². The Hall–Kier alpha value is -2.11. The summed E-state index contributed by atoms with van der Waals surface area (Å²) in [5, 5.41) is 3.16. The van der Waals surface area contributed by atoms with Crippen LogP contribution in [0.1, 0.15) is 24.8 Å². The molecule has 1 unspecified atom stereocenters. The normalized spacial score (nSPS) is 15.9. The number of alkyl halides is 1. The van der Waals surface area contributed by atoms with Gasteiger partial charge in [0, 0.05) is 23.6 Å². The zero-order chi connectivity index (χ0) is 18.9. The molecule has 1 N–H and O–H groups in total. The Balaban J connectivity index is 1.63. The minimum absolute atomic E-state index is 0.0361. The van der Waals surface area contributed by atoms with Gasteiger partial charge >= 0.3 is 5.97 Å². The number of ketones is 1. The van der Waals surface area contributed by atoms with Gasteiger partial charge in [-0.15, -0.1) is 11.6 Å². The van der Waals surface area contributed by atoms with Crippen molar-refractivity contribution < 1.29 is 19.1 Å². The lowest BCUT2D eigenvalue weighted by molar-refractivity contribution is -0.149. The number of Topliss-reactive ketones (excluding diaryl/α,β-unsaturated/α-hetero) is 1. The van der Waals surface area contributed by atoms with Gasteiger partial charge in [0.15, 0.2) is 12.4 Å². The first kappa shape index (κ1) is 20.2. The van der Waals surface area contributed by atoms with Crippen molar-refractivity contribution in [3.63, 3.8) is 0 Å². The fourth-order valence-corrected chi connectivity index (χ4v) is 2.52. The van der Waals surface area contributed by atoms with Gasteiger partial charge in [-0.2, -0.15) is 0 Å². The summed E-state index contributed by atoms with van der Waals surface area (Å²) in [4.78, 5) is 35.3. The zero-order valence-electron chi connectivity index (χ0n) is 14.0. The molecule has 0 aromatic heterocycles. The van der Waals surface area contributed by atoms with Crippen molar-refractivity contribution in [3.8, 4) is 0 Å². The molecule has 5 nitrogen and oxygen atoms in total. The van der Waals surface area contributed by atoms with Crippen LogP contribution in [-0.4, -0.2) is 29.6 Å². The van der Waals surface area contributed by atoms with E-state index in [1.807, 2.05) is 0 Å². The molecule has 26 heavy (non-hydrogen) atoms. The maximum atomic E-state index is 12.0. The predicted molar refractivity (Wildman–Crippen MR) is 100.0 cm³/mol. The van der Waals surface area contributed by atoms with Crippen LogP contribution in [0.2, 0.25) is 5.02 Å². The summed E-state index contributed by atoms with van der Waals surface area (Å²) >= 11 is 11.7. The van der Waals surface area contributed by atoms with Gasteiger partial charge in [-0.3, -0.25) is 14.4 Å². The van der Waals surface area contributed by atoms with E-state index in [1.54, 1.807) is 42.5 Å². The summed E-state index contributed by atoms with van der Waals surface area (Å²) in [6.07, 6.45) is 5.73. The molecule has 1 amide bonds. The van der Waals surface area contributed by atoms with Gasteiger partial charge in [0.05, 0.1) is 11.8 Å². The molecule has 1 aromatic carbocycles. The Morgan fingerprint density at radius 2 is 1.88 bits per heavy atom. The van der Waals surface area contributed by atoms with Gasteiger partial charge < -0.3 is 10.1 Å². The van der Waals surface area contributed by atoms with Gasteiger partial charge in [0.25, 0.3) is 5.91 Å². The SMILES string of the molecule is O=C(COC(=O)CCC(=O)C1=CCC(Cl)C=C1)NCc1ccc(Cl)cc1. The van der Waals surface area contributed by atoms with Crippen LogP contribution >= 0.6 is 23.2 Å². The Labute approximate surface area is 162 Å². The van der Waals surface area contributed by atoms with Crippen molar-refractivity contribution in [1.29, 1.82) is 0 Å². The number of benzene rings is 1. The summed E-state index contributed by atoms with van der Waals surface area (Å²) < 4.78 is 4.88. The van der Waals surface area contributed by atoms with E-state index in [9.17, 15) is 14.4 Å². The molecular weight excluding hydrogens is 377 g/mol. The smallest absolute Gasteiger partial charge is 0.306 e. The first-order chi connectivity index (χ1) is 12.4. The minimum atomic E-state index is -0.587. The maximum Gasteiger partial charge on any atom is 0.306 e. The van der Waals surface area contributed by atoms with Crippen LogP contribution in [0.5, 0.6) is 0 Å². The topological polar surface area (TPSA) is 72.5 Å². The summed E-state index contributed by atoms with van der Waals surface area (Å²) in [5.74, 6) is -1.14. The number of ether oxygens (including phenoxy) is 1. The van der Waals surface area contributed by atoms with E-state index in [-0.39, 0.29) is 30.6 Å². The molecule has 0 saturated heterocycles. The average Bonchev–Trinajstić information content (AvgIpc) is 2.64. The van der Waals surface area contributed by atoms with Crippen molar-refractivity contribution in [1.82, 2.24) is 5.32 Å². The second-order valence-corrected chi connectivity index (χ2v) is 6.75. The third-order valence-electron chi connectivity index (χ3n) is 3.69. The number of allylic oxidation sites excluding steroid dienone is 4. The van der Waals surface area contributed by atoms with Crippen LogP contribution in [-0.2, 0) is 25.7 Å². The fraction of sp³-hybridized carbons (Fsp3) is 0.316. The van der Waals surface area contributed by atoms with Gasteiger partial charge in [0.1, 0.15) is 0 Å². The molecule has 0 bridgehead atoms.